The molecule has 2 aliphatic rings. The molecule has 2 aromatic heterocycles. The van der Waals surface area contributed by atoms with Crippen LogP contribution >= 0.6 is 0 Å². The summed E-state index contributed by atoms with van der Waals surface area (Å²) in [6, 6.07) is 26.3. The van der Waals surface area contributed by atoms with Gasteiger partial charge in [-0.05, 0) is 76.3 Å². The van der Waals surface area contributed by atoms with Gasteiger partial charge in [0.1, 0.15) is 6.61 Å². The fraction of sp³-hybridized carbons (Fsp3) is 0.135. The molecule has 0 radical (unpaired) electrons. The van der Waals surface area contributed by atoms with Gasteiger partial charge in [0.05, 0.1) is 11.4 Å². The van der Waals surface area contributed by atoms with Gasteiger partial charge in [0, 0.05) is 52.7 Å². The summed E-state index contributed by atoms with van der Waals surface area (Å²) in [5.41, 5.74) is 9.35. The summed E-state index contributed by atoms with van der Waals surface area (Å²) in [6.07, 6.45) is 1.44. The first-order valence-corrected chi connectivity index (χ1v) is 15.3. The quantitative estimate of drug-likeness (QED) is 0.157. The lowest BCUT2D eigenvalue weighted by molar-refractivity contribution is -0.118. The molecular formula is C37H31N5O5. The molecule has 234 valence electrons. The van der Waals surface area contributed by atoms with E-state index in [0.29, 0.717) is 29.4 Å². The number of aliphatic hydroxyl groups is 1. The molecule has 10 nitrogen and oxygen atoms in total. The number of hydrogen-bond acceptors (Lipinski definition) is 5. The van der Waals surface area contributed by atoms with Crippen molar-refractivity contribution in [2.24, 2.45) is 0 Å². The third-order valence-electron chi connectivity index (χ3n) is 8.58. The van der Waals surface area contributed by atoms with Gasteiger partial charge in [0.2, 0.25) is 5.91 Å². The first-order valence-electron chi connectivity index (χ1n) is 15.3. The van der Waals surface area contributed by atoms with Gasteiger partial charge in [-0.1, -0.05) is 48.5 Å². The Hall–Kier alpha value is -6.00. The van der Waals surface area contributed by atoms with Crippen molar-refractivity contribution in [3.63, 3.8) is 0 Å². The van der Waals surface area contributed by atoms with Crippen molar-refractivity contribution in [2.45, 2.75) is 19.8 Å². The number of nitrogens with one attached hydrogen (secondary N) is 5. The Labute approximate surface area is 268 Å². The van der Waals surface area contributed by atoms with Crippen LogP contribution in [0.3, 0.4) is 0 Å². The molecular weight excluding hydrogens is 594 g/mol. The molecule has 6 N–H and O–H groups in total. The van der Waals surface area contributed by atoms with Crippen LogP contribution < -0.4 is 27.1 Å². The Morgan fingerprint density at radius 1 is 0.681 bits per heavy atom. The number of H-pyrrole nitrogens is 2. The molecule has 3 amide bonds. The largest absolute Gasteiger partial charge is 0.387 e. The Bertz CT molecular complexity index is 2360. The number of hydrogen-bond donors (Lipinski definition) is 6. The number of aromatic amines is 2. The highest BCUT2D eigenvalue weighted by Gasteiger charge is 2.24. The van der Waals surface area contributed by atoms with Crippen molar-refractivity contribution in [2.75, 3.05) is 23.8 Å². The summed E-state index contributed by atoms with van der Waals surface area (Å²) in [4.78, 5) is 53.5. The smallest absolute Gasteiger partial charge is 0.319 e. The molecule has 2 heterocycles. The van der Waals surface area contributed by atoms with Crippen molar-refractivity contribution in [1.82, 2.24) is 15.3 Å². The molecule has 0 saturated heterocycles. The lowest BCUT2D eigenvalue weighted by Gasteiger charge is -2.08. The molecule has 2 aliphatic carbocycles. The third kappa shape index (κ3) is 5.44. The summed E-state index contributed by atoms with van der Waals surface area (Å²) >= 11 is 0. The summed E-state index contributed by atoms with van der Waals surface area (Å²) in [6.45, 7) is 1.91. The molecule has 6 aromatic rings. The van der Waals surface area contributed by atoms with Gasteiger partial charge in [-0.25, -0.2) is 4.79 Å². The number of carbonyl (C=O) groups is 2. The molecule has 8 rings (SSSR count). The maximum absolute atomic E-state index is 12.3. The van der Waals surface area contributed by atoms with Crippen molar-refractivity contribution in [3.8, 4) is 22.5 Å². The number of amides is 3. The first-order chi connectivity index (χ1) is 22.8. The monoisotopic (exact) mass is 625 g/mol. The van der Waals surface area contributed by atoms with Gasteiger partial charge in [-0.2, -0.15) is 0 Å². The van der Waals surface area contributed by atoms with Crippen molar-refractivity contribution in [1.29, 1.82) is 0 Å². The summed E-state index contributed by atoms with van der Waals surface area (Å²) < 4.78 is 0. The van der Waals surface area contributed by atoms with Crippen LogP contribution in [-0.2, 0) is 17.6 Å². The second-order valence-corrected chi connectivity index (χ2v) is 11.5. The van der Waals surface area contributed by atoms with Crippen molar-refractivity contribution in [3.05, 3.63) is 128 Å². The fourth-order valence-electron chi connectivity index (χ4n) is 6.54. The number of benzene rings is 4. The Morgan fingerprint density at radius 3 is 1.62 bits per heavy atom. The second kappa shape index (κ2) is 12.1. The first kappa shape index (κ1) is 29.7. The van der Waals surface area contributed by atoms with Gasteiger partial charge >= 0.3 is 6.03 Å². The molecule has 0 spiro atoms. The molecule has 0 fully saturated rings. The molecule has 4 aromatic carbocycles. The standard InChI is InChI=1S/C19H17N3O2.C18H14N2O3/c1-2-20-19(24)21-12-7-8-13-11(9-12)10-16-14-5-3-4-6-15(14)18(23)22-17(13)16;21-9-16(22)19-11-5-6-12-10(7-11)8-15-13-3-1-2-4-14(13)18(23)20-17(12)15/h3-9H,2,10H2,1H3,(H,22,23)(H2,20,21,24);1-7,21H,8-9H2,(H,19,22)(H,20,23). The minimum atomic E-state index is -0.546. The van der Waals surface area contributed by atoms with E-state index in [2.05, 4.69) is 25.9 Å². The van der Waals surface area contributed by atoms with Gasteiger partial charge in [-0.3, -0.25) is 14.4 Å². The van der Waals surface area contributed by atoms with E-state index in [1.165, 1.54) is 0 Å². The predicted molar refractivity (Wildman–Crippen MR) is 184 cm³/mol. The fourth-order valence-corrected chi connectivity index (χ4v) is 6.54. The zero-order valence-electron chi connectivity index (χ0n) is 25.5. The van der Waals surface area contributed by atoms with Crippen molar-refractivity contribution >= 4 is 44.9 Å². The topological polar surface area (TPSA) is 156 Å². The average molecular weight is 626 g/mol. The molecule has 0 bridgehead atoms. The van der Waals surface area contributed by atoms with E-state index in [4.69, 9.17) is 5.11 Å². The van der Waals surface area contributed by atoms with Gasteiger partial charge < -0.3 is 31.0 Å². The van der Waals surface area contributed by atoms with Crippen LogP contribution in [0.4, 0.5) is 16.2 Å². The van der Waals surface area contributed by atoms with Crippen LogP contribution in [0.25, 0.3) is 44.1 Å². The lowest BCUT2D eigenvalue weighted by atomic mass is 10.0. The van der Waals surface area contributed by atoms with E-state index in [1.807, 2.05) is 85.8 Å². The number of aliphatic hydroxyl groups excluding tert-OH is 1. The van der Waals surface area contributed by atoms with E-state index in [0.717, 1.165) is 67.6 Å². The summed E-state index contributed by atoms with van der Waals surface area (Å²) in [5.74, 6) is -0.445. The summed E-state index contributed by atoms with van der Waals surface area (Å²) in [5, 5.41) is 20.4. The molecule has 0 unspecified atom stereocenters. The average Bonchev–Trinajstić information content (AvgIpc) is 3.63. The number of anilines is 2. The van der Waals surface area contributed by atoms with Crippen molar-refractivity contribution < 1.29 is 14.7 Å². The van der Waals surface area contributed by atoms with Crippen LogP contribution in [0.5, 0.6) is 0 Å². The normalized spacial score (nSPS) is 12.0. The number of pyridine rings is 2. The third-order valence-corrected chi connectivity index (χ3v) is 8.58. The maximum Gasteiger partial charge on any atom is 0.319 e. The van der Waals surface area contributed by atoms with Gasteiger partial charge in [-0.15, -0.1) is 0 Å². The predicted octanol–water partition coefficient (Wildman–Crippen LogP) is 5.27. The molecule has 10 heteroatoms. The maximum atomic E-state index is 12.3. The highest BCUT2D eigenvalue weighted by Crippen LogP contribution is 2.40. The number of aromatic nitrogens is 2. The minimum Gasteiger partial charge on any atom is -0.387 e. The summed E-state index contributed by atoms with van der Waals surface area (Å²) in [7, 11) is 0. The molecule has 0 saturated carbocycles. The van der Waals surface area contributed by atoms with Gasteiger partial charge in [0.25, 0.3) is 11.1 Å². The zero-order chi connectivity index (χ0) is 32.7. The molecule has 0 atom stereocenters. The van der Waals surface area contributed by atoms with E-state index >= 15 is 0 Å². The number of fused-ring (bicyclic) bond motifs is 10. The van der Waals surface area contributed by atoms with E-state index in [-0.39, 0.29) is 17.1 Å². The number of urea groups is 1. The Balaban J connectivity index is 0.000000150. The Kier molecular flexibility index (Phi) is 7.63. The minimum absolute atomic E-state index is 0.0678. The zero-order valence-corrected chi connectivity index (χ0v) is 25.5. The molecule has 47 heavy (non-hydrogen) atoms. The van der Waals surface area contributed by atoms with Crippen LogP contribution in [0, 0.1) is 0 Å². The van der Waals surface area contributed by atoms with Crippen LogP contribution in [0.1, 0.15) is 29.2 Å². The number of rotatable bonds is 4. The van der Waals surface area contributed by atoms with E-state index in [9.17, 15) is 19.2 Å². The molecule has 0 aliphatic heterocycles. The Morgan fingerprint density at radius 2 is 1.15 bits per heavy atom. The van der Waals surface area contributed by atoms with Crippen LogP contribution in [0.2, 0.25) is 0 Å². The highest BCUT2D eigenvalue weighted by atomic mass is 16.3. The van der Waals surface area contributed by atoms with E-state index < -0.39 is 12.5 Å². The lowest BCUT2D eigenvalue weighted by Crippen LogP contribution is -2.28. The highest BCUT2D eigenvalue weighted by molar-refractivity contribution is 5.96. The van der Waals surface area contributed by atoms with Gasteiger partial charge in [0.15, 0.2) is 0 Å². The number of carbonyl (C=O) groups excluding carboxylic acids is 2. The SMILES string of the molecule is CCNC(=O)Nc1ccc2c(c1)Cc1c-2[nH]c(=O)c2ccccc12.O=C(CO)Nc1ccc2c(c1)Cc1c-2[nH]c(=O)c2ccccc12. The second-order valence-electron chi connectivity index (χ2n) is 11.5. The van der Waals surface area contributed by atoms with E-state index in [1.54, 1.807) is 6.07 Å². The van der Waals surface area contributed by atoms with Crippen LogP contribution in [-0.4, -0.2) is 40.2 Å². The van der Waals surface area contributed by atoms with Crippen LogP contribution in [0.15, 0.2) is 94.5 Å².